The third-order valence-electron chi connectivity index (χ3n) is 8.23. The Morgan fingerprint density at radius 2 is 1.68 bits per heavy atom. The van der Waals surface area contributed by atoms with Crippen LogP contribution in [0.3, 0.4) is 0 Å². The van der Waals surface area contributed by atoms with Gasteiger partial charge >= 0.3 is 0 Å². The summed E-state index contributed by atoms with van der Waals surface area (Å²) in [4.78, 5) is 21.8. The van der Waals surface area contributed by atoms with Crippen LogP contribution >= 0.6 is 0 Å². The first kappa shape index (κ1) is 29.4. The number of unbranched alkanes of at least 4 members (excludes halogenated alkanes) is 1. The summed E-state index contributed by atoms with van der Waals surface area (Å²) in [5, 5.41) is 12.2. The Morgan fingerprint density at radius 3 is 2.39 bits per heavy atom. The molecule has 41 heavy (non-hydrogen) atoms. The molecule has 2 heterocycles. The second-order valence-electron chi connectivity index (χ2n) is 11.4. The predicted molar refractivity (Wildman–Crippen MR) is 161 cm³/mol. The van der Waals surface area contributed by atoms with E-state index in [9.17, 15) is 13.2 Å². The van der Waals surface area contributed by atoms with Gasteiger partial charge < -0.3 is 10.6 Å². The van der Waals surface area contributed by atoms with Crippen LogP contribution in [-0.4, -0.2) is 53.2 Å². The van der Waals surface area contributed by atoms with Gasteiger partial charge in [0.25, 0.3) is 0 Å². The topological polar surface area (TPSA) is 131 Å². The SMILES string of the molecule is CCCCNc1ncc2c(-c3ccc(S(=O)(=O)NCCC(=O)NC4CCCCC4)cc3)nn(C3CCCCC3)c2n1. The number of sulfonamides is 1. The molecule has 0 saturated heterocycles. The van der Waals surface area contributed by atoms with Crippen molar-refractivity contribution in [2.24, 2.45) is 0 Å². The van der Waals surface area contributed by atoms with Crippen LogP contribution in [0.25, 0.3) is 22.3 Å². The van der Waals surface area contributed by atoms with Crippen molar-refractivity contribution in [2.75, 3.05) is 18.4 Å². The van der Waals surface area contributed by atoms with Gasteiger partial charge in [-0.05, 0) is 44.2 Å². The van der Waals surface area contributed by atoms with Crippen LogP contribution in [0.1, 0.15) is 96.4 Å². The standard InChI is InChI=1S/C30H43N7O3S/c1-2-3-19-31-30-32-21-26-28(36-37(29(26)35-30)24-12-8-5-9-13-24)22-14-16-25(17-15-22)41(39,40)33-20-18-27(38)34-23-10-6-4-7-11-23/h14-17,21,23-24,33H,2-13,18-20H2,1H3,(H,34,38)(H,31,32,35). The second kappa shape index (κ2) is 13.7. The third kappa shape index (κ3) is 7.43. The van der Waals surface area contributed by atoms with Crippen molar-refractivity contribution in [3.63, 3.8) is 0 Å². The number of nitrogens with zero attached hydrogens (tertiary/aromatic N) is 4. The number of benzene rings is 1. The lowest BCUT2D eigenvalue weighted by atomic mass is 9.95. The molecule has 0 atom stereocenters. The minimum absolute atomic E-state index is 0.0605. The fourth-order valence-electron chi connectivity index (χ4n) is 5.90. The fraction of sp³-hybridized carbons (Fsp3) is 0.600. The minimum atomic E-state index is -3.75. The van der Waals surface area contributed by atoms with Crippen molar-refractivity contribution in [3.8, 4) is 11.3 Å². The summed E-state index contributed by atoms with van der Waals surface area (Å²) < 4.78 is 30.5. The number of hydrogen-bond acceptors (Lipinski definition) is 7. The Kier molecular flexibility index (Phi) is 9.87. The van der Waals surface area contributed by atoms with E-state index < -0.39 is 10.0 Å². The highest BCUT2D eigenvalue weighted by Crippen LogP contribution is 2.34. The van der Waals surface area contributed by atoms with Crippen molar-refractivity contribution in [3.05, 3.63) is 30.5 Å². The fourth-order valence-corrected chi connectivity index (χ4v) is 6.93. The largest absolute Gasteiger partial charge is 0.354 e. The Labute approximate surface area is 243 Å². The quantitative estimate of drug-likeness (QED) is 0.247. The Hall–Kier alpha value is -3.05. The van der Waals surface area contributed by atoms with Gasteiger partial charge in [-0.25, -0.2) is 22.8 Å². The maximum atomic E-state index is 12.9. The van der Waals surface area contributed by atoms with Gasteiger partial charge in [0, 0.05) is 37.3 Å². The first-order chi connectivity index (χ1) is 19.9. The molecular formula is C30H43N7O3S. The van der Waals surface area contributed by atoms with Crippen LogP contribution in [0.2, 0.25) is 0 Å². The molecule has 2 saturated carbocycles. The highest BCUT2D eigenvalue weighted by atomic mass is 32.2. The molecule has 2 aromatic heterocycles. The van der Waals surface area contributed by atoms with Gasteiger partial charge in [0.2, 0.25) is 21.9 Å². The van der Waals surface area contributed by atoms with E-state index in [4.69, 9.17) is 10.1 Å². The number of anilines is 1. The summed E-state index contributed by atoms with van der Waals surface area (Å²) in [6, 6.07) is 7.25. The highest BCUT2D eigenvalue weighted by Gasteiger charge is 2.23. The first-order valence-electron chi connectivity index (χ1n) is 15.3. The number of carbonyl (C=O) groups is 1. The van der Waals surface area contributed by atoms with Crippen LogP contribution in [0, 0.1) is 0 Å². The zero-order valence-corrected chi connectivity index (χ0v) is 24.9. The van der Waals surface area contributed by atoms with Gasteiger partial charge in [-0.15, -0.1) is 0 Å². The molecule has 0 unspecified atom stereocenters. The molecule has 3 N–H and O–H groups in total. The number of carbonyl (C=O) groups excluding carboxylic acids is 1. The lowest BCUT2D eigenvalue weighted by Gasteiger charge is -2.22. The van der Waals surface area contributed by atoms with E-state index in [1.54, 1.807) is 24.3 Å². The van der Waals surface area contributed by atoms with Crippen molar-refractivity contribution in [1.29, 1.82) is 0 Å². The van der Waals surface area contributed by atoms with Crippen LogP contribution in [0.4, 0.5) is 5.95 Å². The molecule has 0 radical (unpaired) electrons. The molecule has 3 aromatic rings. The highest BCUT2D eigenvalue weighted by molar-refractivity contribution is 7.89. The summed E-state index contributed by atoms with van der Waals surface area (Å²) in [5.41, 5.74) is 2.37. The Bertz CT molecular complexity index is 1410. The molecule has 2 aliphatic rings. The van der Waals surface area contributed by atoms with Crippen LogP contribution in [-0.2, 0) is 14.8 Å². The van der Waals surface area contributed by atoms with Crippen molar-refractivity contribution < 1.29 is 13.2 Å². The lowest BCUT2D eigenvalue weighted by Crippen LogP contribution is -2.38. The number of hydrogen-bond donors (Lipinski definition) is 3. The predicted octanol–water partition coefficient (Wildman–Crippen LogP) is 5.33. The second-order valence-corrected chi connectivity index (χ2v) is 13.1. The van der Waals surface area contributed by atoms with Gasteiger partial charge in [0.15, 0.2) is 5.65 Å². The van der Waals surface area contributed by atoms with E-state index >= 15 is 0 Å². The molecule has 1 amide bonds. The summed E-state index contributed by atoms with van der Waals surface area (Å²) in [6.45, 7) is 3.03. The number of rotatable bonds is 12. The molecule has 2 fully saturated rings. The number of nitrogens with one attached hydrogen (secondary N) is 3. The van der Waals surface area contributed by atoms with E-state index in [0.717, 1.165) is 80.2 Å². The van der Waals surface area contributed by atoms with E-state index in [0.29, 0.717) is 5.95 Å². The van der Waals surface area contributed by atoms with E-state index in [1.165, 1.54) is 25.7 Å². The monoisotopic (exact) mass is 581 g/mol. The third-order valence-corrected chi connectivity index (χ3v) is 9.71. The van der Waals surface area contributed by atoms with Crippen molar-refractivity contribution in [1.82, 2.24) is 29.8 Å². The van der Waals surface area contributed by atoms with Gasteiger partial charge in [0.1, 0.15) is 5.69 Å². The number of fused-ring (bicyclic) bond motifs is 1. The Morgan fingerprint density at radius 1 is 0.976 bits per heavy atom. The van der Waals surface area contributed by atoms with Gasteiger partial charge in [-0.3, -0.25) is 4.79 Å². The van der Waals surface area contributed by atoms with Crippen molar-refractivity contribution in [2.45, 2.75) is 107 Å². The number of amides is 1. The van der Waals surface area contributed by atoms with E-state index in [-0.39, 0.29) is 35.9 Å². The van der Waals surface area contributed by atoms with Gasteiger partial charge in [-0.2, -0.15) is 10.1 Å². The summed E-state index contributed by atoms with van der Waals surface area (Å²) in [6.07, 6.45) is 15.3. The molecule has 0 spiro atoms. The van der Waals surface area contributed by atoms with Crippen LogP contribution in [0.15, 0.2) is 35.4 Å². The summed E-state index contributed by atoms with van der Waals surface area (Å²) in [5.74, 6) is 0.496. The van der Waals surface area contributed by atoms with Crippen molar-refractivity contribution >= 4 is 32.9 Å². The maximum Gasteiger partial charge on any atom is 0.240 e. The molecule has 2 aliphatic carbocycles. The average Bonchev–Trinajstić information content (AvgIpc) is 3.37. The molecule has 0 bridgehead atoms. The Balaban J connectivity index is 1.29. The molecule has 11 heteroatoms. The molecule has 0 aliphatic heterocycles. The van der Waals surface area contributed by atoms with Gasteiger partial charge in [0.05, 0.1) is 16.3 Å². The minimum Gasteiger partial charge on any atom is -0.354 e. The number of aromatic nitrogens is 4. The lowest BCUT2D eigenvalue weighted by molar-refractivity contribution is -0.121. The van der Waals surface area contributed by atoms with Crippen LogP contribution < -0.4 is 15.4 Å². The molecule has 222 valence electrons. The maximum absolute atomic E-state index is 12.9. The molecule has 1 aromatic carbocycles. The summed E-state index contributed by atoms with van der Waals surface area (Å²) >= 11 is 0. The molecule has 10 nitrogen and oxygen atoms in total. The molecular weight excluding hydrogens is 538 g/mol. The zero-order chi connectivity index (χ0) is 28.7. The smallest absolute Gasteiger partial charge is 0.240 e. The van der Waals surface area contributed by atoms with Gasteiger partial charge in [-0.1, -0.05) is 64.0 Å². The summed E-state index contributed by atoms with van der Waals surface area (Å²) in [7, 11) is -3.75. The zero-order valence-electron chi connectivity index (χ0n) is 24.1. The van der Waals surface area contributed by atoms with E-state index in [2.05, 4.69) is 31.9 Å². The van der Waals surface area contributed by atoms with E-state index in [1.807, 2.05) is 6.20 Å². The van der Waals surface area contributed by atoms with Crippen LogP contribution in [0.5, 0.6) is 0 Å². The first-order valence-corrected chi connectivity index (χ1v) is 16.8. The normalized spacial score (nSPS) is 17.1. The average molecular weight is 582 g/mol. The molecule has 5 rings (SSSR count).